The van der Waals surface area contributed by atoms with Crippen molar-refractivity contribution in [2.75, 3.05) is 23.4 Å². The van der Waals surface area contributed by atoms with Gasteiger partial charge < -0.3 is 20.1 Å². The van der Waals surface area contributed by atoms with Gasteiger partial charge in [0.2, 0.25) is 5.91 Å². The van der Waals surface area contributed by atoms with Crippen LogP contribution in [0.25, 0.3) is 0 Å². The standard InChI is InChI=1S/C38H34N2O5/c41-36(27-28-12-4-1-5-13-28)40(31-16-8-3-9-17-31)24-25-45-32-22-20-29(21-23-32)26-35(38(43)44)39-34-19-11-10-18-33(34)37(42)30-14-6-2-7-15-30/h1-23,35,39H,24-27H2,(H,43,44)/t35-/m0/s1. The van der Waals surface area contributed by atoms with Crippen molar-refractivity contribution in [2.45, 2.75) is 18.9 Å². The normalized spacial score (nSPS) is 11.3. The number of aliphatic carboxylic acids is 1. The number of nitrogens with zero attached hydrogens (tertiary/aromatic N) is 1. The predicted octanol–water partition coefficient (Wildman–Crippen LogP) is 6.68. The quantitative estimate of drug-likeness (QED) is 0.139. The maximum Gasteiger partial charge on any atom is 0.326 e. The first kappa shape index (κ1) is 30.8. The summed E-state index contributed by atoms with van der Waals surface area (Å²) in [5.74, 6) is -0.623. The number of rotatable bonds is 14. The molecule has 5 rings (SSSR count). The molecule has 2 N–H and O–H groups in total. The molecule has 45 heavy (non-hydrogen) atoms. The minimum absolute atomic E-state index is 0.0226. The van der Waals surface area contributed by atoms with E-state index in [1.165, 1.54) is 0 Å². The SMILES string of the molecule is O=C(c1ccccc1)c1ccccc1N[C@@H](Cc1ccc(OCCN(C(=O)Cc2ccccc2)c2ccccc2)cc1)C(=O)O. The molecule has 0 unspecified atom stereocenters. The van der Waals surface area contributed by atoms with Crippen LogP contribution in [-0.2, 0) is 22.4 Å². The number of carbonyl (C=O) groups is 3. The van der Waals surface area contributed by atoms with Crippen LogP contribution >= 0.6 is 0 Å². The maximum absolute atomic E-state index is 13.2. The van der Waals surface area contributed by atoms with E-state index in [4.69, 9.17) is 4.74 Å². The van der Waals surface area contributed by atoms with Crippen LogP contribution in [0, 0.1) is 0 Å². The number of carboxylic acid groups (broad SMARTS) is 1. The van der Waals surface area contributed by atoms with Crippen molar-refractivity contribution in [3.63, 3.8) is 0 Å². The first-order valence-corrected chi connectivity index (χ1v) is 14.8. The zero-order valence-corrected chi connectivity index (χ0v) is 24.7. The number of carbonyl (C=O) groups excluding carboxylic acids is 2. The van der Waals surface area contributed by atoms with Crippen LogP contribution in [0.1, 0.15) is 27.0 Å². The van der Waals surface area contributed by atoms with E-state index in [9.17, 15) is 19.5 Å². The lowest BCUT2D eigenvalue weighted by atomic mass is 10.00. The van der Waals surface area contributed by atoms with Crippen molar-refractivity contribution in [1.29, 1.82) is 0 Å². The molecule has 0 saturated carbocycles. The summed E-state index contributed by atoms with van der Waals surface area (Å²) in [6.45, 7) is 0.643. The van der Waals surface area contributed by atoms with Gasteiger partial charge in [0.05, 0.1) is 13.0 Å². The molecule has 0 fully saturated rings. The molecule has 0 aliphatic carbocycles. The Bertz CT molecular complexity index is 1710. The summed E-state index contributed by atoms with van der Waals surface area (Å²) < 4.78 is 5.98. The summed E-state index contributed by atoms with van der Waals surface area (Å²) in [4.78, 5) is 40.3. The number of amides is 1. The molecule has 226 valence electrons. The Morgan fingerprint density at radius 1 is 0.689 bits per heavy atom. The number of nitrogens with one attached hydrogen (secondary N) is 1. The lowest BCUT2D eigenvalue weighted by Gasteiger charge is -2.23. The van der Waals surface area contributed by atoms with Crippen molar-refractivity contribution in [1.82, 2.24) is 0 Å². The largest absolute Gasteiger partial charge is 0.492 e. The molecule has 5 aromatic carbocycles. The molecule has 0 bridgehead atoms. The smallest absolute Gasteiger partial charge is 0.326 e. The molecule has 5 aromatic rings. The van der Waals surface area contributed by atoms with E-state index < -0.39 is 12.0 Å². The highest BCUT2D eigenvalue weighted by atomic mass is 16.5. The Balaban J connectivity index is 1.20. The third-order valence-electron chi connectivity index (χ3n) is 7.35. The Hall–Kier alpha value is -5.69. The van der Waals surface area contributed by atoms with Gasteiger partial charge in [-0.05, 0) is 47.5 Å². The van der Waals surface area contributed by atoms with Crippen LogP contribution in [-0.4, -0.2) is 42.0 Å². The van der Waals surface area contributed by atoms with Crippen LogP contribution in [0.3, 0.4) is 0 Å². The fourth-order valence-corrected chi connectivity index (χ4v) is 5.02. The van der Waals surface area contributed by atoms with Crippen molar-refractivity contribution < 1.29 is 24.2 Å². The van der Waals surface area contributed by atoms with Gasteiger partial charge in [-0.1, -0.05) is 103 Å². The second-order valence-electron chi connectivity index (χ2n) is 10.5. The lowest BCUT2D eigenvalue weighted by molar-refractivity contribution is -0.137. The minimum Gasteiger partial charge on any atom is -0.492 e. The van der Waals surface area contributed by atoms with Gasteiger partial charge in [0.1, 0.15) is 18.4 Å². The second-order valence-corrected chi connectivity index (χ2v) is 10.5. The van der Waals surface area contributed by atoms with E-state index >= 15 is 0 Å². The zero-order chi connectivity index (χ0) is 31.4. The van der Waals surface area contributed by atoms with Crippen LogP contribution in [0.5, 0.6) is 5.75 Å². The second kappa shape index (κ2) is 15.2. The van der Waals surface area contributed by atoms with Gasteiger partial charge in [-0.25, -0.2) is 4.79 Å². The van der Waals surface area contributed by atoms with Crippen LogP contribution in [0.15, 0.2) is 140 Å². The fraction of sp³-hybridized carbons (Fsp3) is 0.132. The molecule has 7 nitrogen and oxygen atoms in total. The first-order chi connectivity index (χ1) is 22.0. The Morgan fingerprint density at radius 2 is 1.29 bits per heavy atom. The number of ether oxygens (including phenoxy) is 1. The topological polar surface area (TPSA) is 95.9 Å². The molecular formula is C38H34N2O5. The average molecular weight is 599 g/mol. The van der Waals surface area contributed by atoms with Gasteiger partial charge in [-0.15, -0.1) is 0 Å². The molecule has 0 radical (unpaired) electrons. The third-order valence-corrected chi connectivity index (χ3v) is 7.35. The van der Waals surface area contributed by atoms with Crippen molar-refractivity contribution in [3.8, 4) is 5.75 Å². The van der Waals surface area contributed by atoms with Gasteiger partial charge in [0.15, 0.2) is 5.78 Å². The molecule has 0 aliphatic rings. The summed E-state index contributed by atoms with van der Waals surface area (Å²) in [6, 6.07) is 41.2. The first-order valence-electron chi connectivity index (χ1n) is 14.8. The molecular weight excluding hydrogens is 564 g/mol. The Kier molecular flexibility index (Phi) is 10.4. The van der Waals surface area contributed by atoms with Gasteiger partial charge >= 0.3 is 5.97 Å². The highest BCUT2D eigenvalue weighted by Crippen LogP contribution is 2.22. The van der Waals surface area contributed by atoms with Crippen LogP contribution < -0.4 is 15.0 Å². The van der Waals surface area contributed by atoms with Crippen LogP contribution in [0.2, 0.25) is 0 Å². The average Bonchev–Trinajstić information content (AvgIpc) is 3.08. The van der Waals surface area contributed by atoms with E-state index in [1.807, 2.05) is 78.9 Å². The summed E-state index contributed by atoms with van der Waals surface area (Å²) >= 11 is 0. The molecule has 1 amide bonds. The maximum atomic E-state index is 13.2. The number of carboxylic acids is 1. The molecule has 1 atom stereocenters. The molecule has 0 spiro atoms. The lowest BCUT2D eigenvalue weighted by Crippen LogP contribution is -2.35. The van der Waals surface area contributed by atoms with Gasteiger partial charge in [-0.3, -0.25) is 9.59 Å². The Morgan fingerprint density at radius 3 is 1.96 bits per heavy atom. The van der Waals surface area contributed by atoms with E-state index in [0.717, 1.165) is 16.8 Å². The van der Waals surface area contributed by atoms with E-state index in [0.29, 0.717) is 29.1 Å². The monoisotopic (exact) mass is 598 g/mol. The van der Waals surface area contributed by atoms with Gasteiger partial charge in [0.25, 0.3) is 0 Å². The van der Waals surface area contributed by atoms with Gasteiger partial charge in [0, 0.05) is 28.9 Å². The third kappa shape index (κ3) is 8.45. The number of ketones is 1. The minimum atomic E-state index is -1.03. The number of hydrogen-bond donors (Lipinski definition) is 2. The summed E-state index contributed by atoms with van der Waals surface area (Å²) in [7, 11) is 0. The summed E-state index contributed by atoms with van der Waals surface area (Å²) in [6.07, 6.45) is 0.480. The highest BCUT2D eigenvalue weighted by Gasteiger charge is 2.22. The van der Waals surface area contributed by atoms with Crippen molar-refractivity contribution in [3.05, 3.63) is 162 Å². The molecule has 0 aromatic heterocycles. The van der Waals surface area contributed by atoms with Gasteiger partial charge in [-0.2, -0.15) is 0 Å². The van der Waals surface area contributed by atoms with Crippen molar-refractivity contribution >= 4 is 29.0 Å². The number of hydrogen-bond acceptors (Lipinski definition) is 5. The molecule has 7 heteroatoms. The van der Waals surface area contributed by atoms with Crippen molar-refractivity contribution in [2.24, 2.45) is 0 Å². The Labute approximate surface area is 262 Å². The highest BCUT2D eigenvalue weighted by molar-refractivity contribution is 6.12. The zero-order valence-electron chi connectivity index (χ0n) is 24.7. The molecule has 0 aliphatic heterocycles. The van der Waals surface area contributed by atoms with E-state index in [2.05, 4.69) is 5.32 Å². The number of para-hydroxylation sites is 2. The van der Waals surface area contributed by atoms with E-state index in [-0.39, 0.29) is 31.1 Å². The molecule has 0 saturated heterocycles. The van der Waals surface area contributed by atoms with E-state index in [1.54, 1.807) is 65.6 Å². The predicted molar refractivity (Wildman–Crippen MR) is 176 cm³/mol. The number of anilines is 2. The summed E-state index contributed by atoms with van der Waals surface area (Å²) in [5, 5.41) is 13.1. The fourth-order valence-electron chi connectivity index (χ4n) is 5.02. The molecule has 0 heterocycles. The van der Waals surface area contributed by atoms with Crippen LogP contribution in [0.4, 0.5) is 11.4 Å². The number of benzene rings is 5. The summed E-state index contributed by atoms with van der Waals surface area (Å²) in [5.41, 5.74) is 3.94.